The predicted molar refractivity (Wildman–Crippen MR) is 60.8 cm³/mol. The summed E-state index contributed by atoms with van der Waals surface area (Å²) >= 11 is 0. The molecule has 0 aliphatic carbocycles. The number of nitrogens with two attached hydrogens (primary N) is 1. The Kier molecular flexibility index (Phi) is 4.21. The number of hydrogen-bond donors (Lipinski definition) is 2. The van der Waals surface area contributed by atoms with Gasteiger partial charge in [0.25, 0.3) is 0 Å². The van der Waals surface area contributed by atoms with Crippen LogP contribution in [0.2, 0.25) is 0 Å². The zero-order valence-electron chi connectivity index (χ0n) is 10.6. The lowest BCUT2D eigenvalue weighted by Crippen LogP contribution is -2.56. The third kappa shape index (κ3) is 4.04. The summed E-state index contributed by atoms with van der Waals surface area (Å²) in [4.78, 5) is 3.78. The van der Waals surface area contributed by atoms with E-state index in [4.69, 9.17) is 15.2 Å². The smallest absolute Gasteiger partial charge is 0.162 e. The van der Waals surface area contributed by atoms with Crippen LogP contribution in [0.3, 0.4) is 0 Å². The summed E-state index contributed by atoms with van der Waals surface area (Å²) in [6.07, 6.45) is 2.23. The Hall–Kier alpha value is -1.02. The van der Waals surface area contributed by atoms with Gasteiger partial charge in [-0.2, -0.15) is 5.10 Å². The highest BCUT2D eigenvalue weighted by Crippen LogP contribution is 2.18. The topological polar surface area (TPSA) is 95.4 Å². The van der Waals surface area contributed by atoms with Gasteiger partial charge in [-0.15, -0.1) is 0 Å². The highest BCUT2D eigenvalue weighted by molar-refractivity contribution is 4.80. The van der Waals surface area contributed by atoms with Crippen molar-refractivity contribution in [3.05, 3.63) is 12.7 Å². The largest absolute Gasteiger partial charge is 0.371 e. The molecule has 0 radical (unpaired) electrons. The molecule has 0 spiro atoms. The van der Waals surface area contributed by atoms with Crippen LogP contribution in [0.1, 0.15) is 20.8 Å². The van der Waals surface area contributed by atoms with Gasteiger partial charge < -0.3 is 14.6 Å². The third-order valence-corrected chi connectivity index (χ3v) is 2.54. The van der Waals surface area contributed by atoms with Crippen molar-refractivity contribution in [2.75, 3.05) is 7.11 Å². The van der Waals surface area contributed by atoms with Gasteiger partial charge in [-0.3, -0.25) is 5.73 Å². The number of aromatic nitrogens is 3. The standard InChI is InChI=1S/C10H20N4O3/c1-8(17-9(2,3)16-4)10(11,15)5-14-7-12-6-13-14/h6-8,15H,5,11H2,1-4H3. The van der Waals surface area contributed by atoms with Gasteiger partial charge in [0.15, 0.2) is 11.5 Å². The minimum atomic E-state index is -1.55. The summed E-state index contributed by atoms with van der Waals surface area (Å²) < 4.78 is 12.1. The first-order valence-electron chi connectivity index (χ1n) is 5.33. The Morgan fingerprint density at radius 2 is 2.18 bits per heavy atom. The van der Waals surface area contributed by atoms with Gasteiger partial charge in [0, 0.05) is 7.11 Å². The summed E-state index contributed by atoms with van der Waals surface area (Å²) in [5, 5.41) is 14.0. The second-order valence-electron chi connectivity index (χ2n) is 4.45. The van der Waals surface area contributed by atoms with E-state index in [1.165, 1.54) is 24.4 Å². The minimum absolute atomic E-state index is 0.0912. The van der Waals surface area contributed by atoms with Crippen molar-refractivity contribution in [2.24, 2.45) is 5.73 Å². The quantitative estimate of drug-likeness (QED) is 0.668. The van der Waals surface area contributed by atoms with Crippen LogP contribution in [0.25, 0.3) is 0 Å². The Bertz CT molecular complexity index is 337. The van der Waals surface area contributed by atoms with E-state index >= 15 is 0 Å². The molecule has 0 fully saturated rings. The first kappa shape index (κ1) is 14.0. The van der Waals surface area contributed by atoms with Gasteiger partial charge in [0.1, 0.15) is 18.8 Å². The van der Waals surface area contributed by atoms with Crippen molar-refractivity contribution in [3.63, 3.8) is 0 Å². The molecule has 7 nitrogen and oxygen atoms in total. The van der Waals surface area contributed by atoms with Gasteiger partial charge in [-0.25, -0.2) is 9.67 Å². The lowest BCUT2D eigenvalue weighted by Gasteiger charge is -2.35. The molecule has 17 heavy (non-hydrogen) atoms. The van der Waals surface area contributed by atoms with Crippen molar-refractivity contribution in [1.29, 1.82) is 0 Å². The number of ether oxygens (including phenoxy) is 2. The van der Waals surface area contributed by atoms with Crippen LogP contribution in [0.15, 0.2) is 12.7 Å². The van der Waals surface area contributed by atoms with Crippen LogP contribution >= 0.6 is 0 Å². The fraction of sp³-hybridized carbons (Fsp3) is 0.800. The van der Waals surface area contributed by atoms with E-state index in [0.29, 0.717) is 0 Å². The lowest BCUT2D eigenvalue weighted by atomic mass is 10.1. The molecular weight excluding hydrogens is 224 g/mol. The maximum absolute atomic E-state index is 10.1. The monoisotopic (exact) mass is 244 g/mol. The highest BCUT2D eigenvalue weighted by atomic mass is 16.7. The molecule has 0 amide bonds. The Morgan fingerprint density at radius 1 is 1.53 bits per heavy atom. The minimum Gasteiger partial charge on any atom is -0.371 e. The van der Waals surface area contributed by atoms with E-state index in [1.807, 2.05) is 0 Å². The summed E-state index contributed by atoms with van der Waals surface area (Å²) in [7, 11) is 1.53. The second-order valence-corrected chi connectivity index (χ2v) is 4.45. The van der Waals surface area contributed by atoms with Gasteiger partial charge in [0.2, 0.25) is 0 Å². The maximum Gasteiger partial charge on any atom is 0.162 e. The SMILES string of the molecule is COC(C)(C)OC(C)C(N)(O)Cn1cncn1. The summed E-state index contributed by atoms with van der Waals surface area (Å²) in [6, 6.07) is 0. The van der Waals surface area contributed by atoms with Gasteiger partial charge in [-0.05, 0) is 20.8 Å². The fourth-order valence-electron chi connectivity index (χ4n) is 1.28. The summed E-state index contributed by atoms with van der Waals surface area (Å²) in [5.41, 5.74) is 4.25. The van der Waals surface area contributed by atoms with Gasteiger partial charge in [0.05, 0.1) is 6.54 Å². The Balaban J connectivity index is 2.63. The van der Waals surface area contributed by atoms with E-state index < -0.39 is 17.6 Å². The number of rotatable bonds is 6. The first-order chi connectivity index (χ1) is 7.77. The highest BCUT2D eigenvalue weighted by Gasteiger charge is 2.35. The predicted octanol–water partition coefficient (Wildman–Crippen LogP) is -0.287. The van der Waals surface area contributed by atoms with Gasteiger partial charge in [-0.1, -0.05) is 0 Å². The second kappa shape index (κ2) is 5.09. The number of hydrogen-bond acceptors (Lipinski definition) is 6. The molecule has 2 unspecified atom stereocenters. The number of aliphatic hydroxyl groups is 1. The van der Waals surface area contributed by atoms with Crippen LogP contribution in [-0.2, 0) is 16.0 Å². The molecule has 98 valence electrons. The van der Waals surface area contributed by atoms with E-state index in [0.717, 1.165) is 0 Å². The fourth-order valence-corrected chi connectivity index (χ4v) is 1.28. The molecule has 0 bridgehead atoms. The molecule has 0 aliphatic heterocycles. The van der Waals surface area contributed by atoms with E-state index in [1.54, 1.807) is 20.8 Å². The molecule has 3 N–H and O–H groups in total. The zero-order chi connectivity index (χ0) is 13.1. The summed E-state index contributed by atoms with van der Waals surface area (Å²) in [5.74, 6) is -0.810. The van der Waals surface area contributed by atoms with E-state index in [9.17, 15) is 5.11 Å². The van der Waals surface area contributed by atoms with Crippen LogP contribution in [-0.4, -0.2) is 44.6 Å². The molecule has 1 rings (SSSR count). The van der Waals surface area contributed by atoms with Crippen LogP contribution < -0.4 is 5.73 Å². The third-order valence-electron chi connectivity index (χ3n) is 2.54. The molecule has 1 heterocycles. The maximum atomic E-state index is 10.1. The first-order valence-corrected chi connectivity index (χ1v) is 5.33. The average Bonchev–Trinajstić information content (AvgIpc) is 2.69. The van der Waals surface area contributed by atoms with Crippen molar-refractivity contribution < 1.29 is 14.6 Å². The molecule has 2 atom stereocenters. The van der Waals surface area contributed by atoms with Crippen molar-refractivity contribution >= 4 is 0 Å². The Labute approximate surface area is 101 Å². The van der Waals surface area contributed by atoms with Gasteiger partial charge >= 0.3 is 0 Å². The van der Waals surface area contributed by atoms with Crippen LogP contribution in [0, 0.1) is 0 Å². The molecule has 1 aromatic heterocycles. The molecule has 0 aliphatic rings. The molecule has 7 heteroatoms. The lowest BCUT2D eigenvalue weighted by molar-refractivity contribution is -0.255. The van der Waals surface area contributed by atoms with Crippen LogP contribution in [0.5, 0.6) is 0 Å². The molecule has 1 aromatic rings. The molecule has 0 saturated heterocycles. The Morgan fingerprint density at radius 3 is 2.65 bits per heavy atom. The van der Waals surface area contributed by atoms with Crippen molar-refractivity contribution in [3.8, 4) is 0 Å². The van der Waals surface area contributed by atoms with E-state index in [-0.39, 0.29) is 6.54 Å². The van der Waals surface area contributed by atoms with Crippen LogP contribution in [0.4, 0.5) is 0 Å². The average molecular weight is 244 g/mol. The number of methoxy groups -OCH3 is 1. The number of nitrogens with zero attached hydrogens (tertiary/aromatic N) is 3. The molecular formula is C10H20N4O3. The zero-order valence-corrected chi connectivity index (χ0v) is 10.6. The molecule has 0 saturated carbocycles. The van der Waals surface area contributed by atoms with E-state index in [2.05, 4.69) is 10.1 Å². The molecule has 0 aromatic carbocycles. The normalized spacial score (nSPS) is 17.8. The summed E-state index contributed by atoms with van der Waals surface area (Å²) in [6.45, 7) is 5.26. The van der Waals surface area contributed by atoms with Crippen molar-refractivity contribution in [1.82, 2.24) is 14.8 Å². The van der Waals surface area contributed by atoms with Crippen molar-refractivity contribution in [2.45, 2.75) is 44.9 Å².